The minimum absolute atomic E-state index is 0.0502. The van der Waals surface area contributed by atoms with Crippen LogP contribution in [0, 0.1) is 0 Å². The lowest BCUT2D eigenvalue weighted by atomic mass is 10.0. The van der Waals surface area contributed by atoms with E-state index < -0.39 is 33.2 Å². The number of hydrogen-bond donors (Lipinski definition) is 3. The number of aliphatic hydroxyl groups excluding tert-OH is 2. The zero-order chi connectivity index (χ0) is 38.2. The molecular weight excluding hydrogens is 679 g/mol. The van der Waals surface area contributed by atoms with Gasteiger partial charge in [0.2, 0.25) is 0 Å². The molecule has 0 aromatic heterocycles. The first-order valence-corrected chi connectivity index (χ1v) is 23.2. The molecule has 0 aliphatic heterocycles. The molecular formula is C42H83O9P. The Kier molecular flexibility index (Phi) is 39.3. The normalized spacial score (nSPS) is 14.2. The van der Waals surface area contributed by atoms with Crippen molar-refractivity contribution >= 4 is 13.8 Å². The van der Waals surface area contributed by atoms with Crippen LogP contribution in [-0.4, -0.2) is 66.3 Å². The molecule has 0 aromatic carbocycles. The van der Waals surface area contributed by atoms with Gasteiger partial charge in [0.15, 0.2) is 0 Å². The number of rotatable bonds is 42. The Morgan fingerprint density at radius 3 is 1.50 bits per heavy atom. The van der Waals surface area contributed by atoms with Crippen molar-refractivity contribution in [1.29, 1.82) is 0 Å². The maximum atomic E-state index is 12.6. The topological polar surface area (TPSA) is 132 Å². The fourth-order valence-electron chi connectivity index (χ4n) is 6.10. The summed E-state index contributed by atoms with van der Waals surface area (Å²) >= 11 is 0. The number of carbonyl (C=O) groups excluding carboxylic acids is 1. The molecule has 3 unspecified atom stereocenters. The number of phosphoric acid groups is 1. The summed E-state index contributed by atoms with van der Waals surface area (Å²) < 4.78 is 33.3. The molecule has 0 saturated heterocycles. The second kappa shape index (κ2) is 39.9. The quantitative estimate of drug-likeness (QED) is 0.0241. The summed E-state index contributed by atoms with van der Waals surface area (Å²) in [6.45, 7) is 3.51. The average molecular weight is 763 g/mol. The van der Waals surface area contributed by atoms with Crippen molar-refractivity contribution < 1.29 is 43.0 Å². The molecule has 9 nitrogen and oxygen atoms in total. The van der Waals surface area contributed by atoms with E-state index in [-0.39, 0.29) is 25.6 Å². The minimum Gasteiger partial charge on any atom is -0.457 e. The van der Waals surface area contributed by atoms with Crippen LogP contribution >= 0.6 is 7.82 Å². The number of esters is 1. The molecule has 0 aromatic rings. The van der Waals surface area contributed by atoms with Crippen molar-refractivity contribution in [2.24, 2.45) is 0 Å². The van der Waals surface area contributed by atoms with E-state index in [2.05, 4.69) is 26.0 Å². The van der Waals surface area contributed by atoms with E-state index in [1.54, 1.807) is 0 Å². The second-order valence-electron chi connectivity index (χ2n) is 14.7. The molecule has 0 radical (unpaired) electrons. The molecule has 10 heteroatoms. The van der Waals surface area contributed by atoms with Gasteiger partial charge in [0, 0.05) is 13.0 Å². The first kappa shape index (κ1) is 51.2. The van der Waals surface area contributed by atoms with Crippen LogP contribution in [-0.2, 0) is 27.9 Å². The van der Waals surface area contributed by atoms with Crippen molar-refractivity contribution in [2.45, 2.75) is 219 Å². The van der Waals surface area contributed by atoms with Crippen molar-refractivity contribution in [3.8, 4) is 0 Å². The van der Waals surface area contributed by atoms with E-state index in [1.165, 1.54) is 141 Å². The Hall–Kier alpha value is -0.800. The van der Waals surface area contributed by atoms with Crippen LogP contribution in [0.1, 0.15) is 206 Å². The summed E-state index contributed by atoms with van der Waals surface area (Å²) in [6, 6.07) is 0. The summed E-state index contributed by atoms with van der Waals surface area (Å²) in [5.74, 6) is -0.381. The summed E-state index contributed by atoms with van der Waals surface area (Å²) in [6.07, 6.45) is 38.8. The number of ether oxygens (including phenoxy) is 2. The highest BCUT2D eigenvalue weighted by molar-refractivity contribution is 7.47. The van der Waals surface area contributed by atoms with E-state index in [1.807, 2.05) is 0 Å². The lowest BCUT2D eigenvalue weighted by molar-refractivity contribution is -0.154. The van der Waals surface area contributed by atoms with Gasteiger partial charge < -0.3 is 24.6 Å². The maximum absolute atomic E-state index is 12.6. The van der Waals surface area contributed by atoms with Crippen LogP contribution in [0.15, 0.2) is 12.2 Å². The third-order valence-electron chi connectivity index (χ3n) is 9.45. The Labute approximate surface area is 320 Å². The van der Waals surface area contributed by atoms with Gasteiger partial charge in [-0.25, -0.2) is 4.57 Å². The lowest BCUT2D eigenvalue weighted by Gasteiger charge is -2.20. The van der Waals surface area contributed by atoms with E-state index in [0.717, 1.165) is 44.9 Å². The standard InChI is InChI=1S/C42H83O9P/c1-3-5-7-9-11-13-15-17-18-19-20-21-22-23-24-26-28-30-32-34-42(45)51-41(39-50-52(46,47)49-37-40(44)36-43)38-48-35-33-31-29-27-25-16-14-12-10-8-6-4-2/h10,12,40-41,43-44H,3-9,11,13-39H2,1-2H3,(H,46,47)/b12-10-. The fourth-order valence-corrected chi connectivity index (χ4v) is 6.89. The minimum atomic E-state index is -4.51. The molecule has 0 rings (SSSR count). The summed E-state index contributed by atoms with van der Waals surface area (Å²) in [5.41, 5.74) is 0. The summed E-state index contributed by atoms with van der Waals surface area (Å²) in [5, 5.41) is 18.3. The molecule has 0 aliphatic carbocycles. The van der Waals surface area contributed by atoms with E-state index in [4.69, 9.17) is 23.6 Å². The van der Waals surface area contributed by atoms with Gasteiger partial charge in [0.05, 0.1) is 26.4 Å². The molecule has 310 valence electrons. The molecule has 0 bridgehead atoms. The summed E-state index contributed by atoms with van der Waals surface area (Å²) in [4.78, 5) is 22.5. The predicted octanol–water partition coefficient (Wildman–Crippen LogP) is 11.7. The number of unbranched alkanes of at least 4 members (excludes halogenated alkanes) is 26. The molecule has 0 heterocycles. The molecule has 52 heavy (non-hydrogen) atoms. The SMILES string of the molecule is CCCC/C=C\CCCCCCCCOCC(COP(=O)(O)OCC(O)CO)OC(=O)CCCCCCCCCCCCCCCCCCCCC. The number of phosphoric ester groups is 1. The third-order valence-corrected chi connectivity index (χ3v) is 10.4. The van der Waals surface area contributed by atoms with Crippen LogP contribution in [0.2, 0.25) is 0 Å². The highest BCUT2D eigenvalue weighted by Gasteiger charge is 2.26. The molecule has 0 spiro atoms. The van der Waals surface area contributed by atoms with Crippen LogP contribution in [0.4, 0.5) is 0 Å². The molecule has 0 amide bonds. The van der Waals surface area contributed by atoms with Crippen molar-refractivity contribution in [1.82, 2.24) is 0 Å². The first-order valence-electron chi connectivity index (χ1n) is 21.7. The van der Waals surface area contributed by atoms with Gasteiger partial charge in [-0.1, -0.05) is 180 Å². The van der Waals surface area contributed by atoms with Crippen molar-refractivity contribution in [3.63, 3.8) is 0 Å². The monoisotopic (exact) mass is 763 g/mol. The Morgan fingerprint density at radius 2 is 1.00 bits per heavy atom. The van der Waals surface area contributed by atoms with Crippen LogP contribution in [0.3, 0.4) is 0 Å². The number of hydrogen-bond acceptors (Lipinski definition) is 8. The Bertz CT molecular complexity index is 825. The highest BCUT2D eigenvalue weighted by atomic mass is 31.2. The van der Waals surface area contributed by atoms with Gasteiger partial charge in [-0.15, -0.1) is 0 Å². The van der Waals surface area contributed by atoms with Gasteiger partial charge in [-0.3, -0.25) is 13.8 Å². The third kappa shape index (κ3) is 38.9. The van der Waals surface area contributed by atoms with E-state index in [0.29, 0.717) is 6.61 Å². The second-order valence-corrected chi connectivity index (χ2v) is 16.2. The van der Waals surface area contributed by atoms with Gasteiger partial charge in [0.1, 0.15) is 12.2 Å². The van der Waals surface area contributed by atoms with Gasteiger partial charge in [-0.2, -0.15) is 0 Å². The first-order chi connectivity index (χ1) is 25.3. The zero-order valence-electron chi connectivity index (χ0n) is 33.8. The molecule has 0 saturated carbocycles. The van der Waals surface area contributed by atoms with Gasteiger partial charge >= 0.3 is 13.8 Å². The fraction of sp³-hybridized carbons (Fsp3) is 0.929. The van der Waals surface area contributed by atoms with Gasteiger partial charge in [0.25, 0.3) is 0 Å². The van der Waals surface area contributed by atoms with E-state index >= 15 is 0 Å². The predicted molar refractivity (Wildman–Crippen MR) is 215 cm³/mol. The van der Waals surface area contributed by atoms with Gasteiger partial charge in [-0.05, 0) is 32.1 Å². The molecule has 3 N–H and O–H groups in total. The number of aliphatic hydroxyl groups is 2. The Balaban J connectivity index is 4.10. The van der Waals surface area contributed by atoms with Crippen LogP contribution in [0.5, 0.6) is 0 Å². The largest absolute Gasteiger partial charge is 0.472 e. The smallest absolute Gasteiger partial charge is 0.457 e. The van der Waals surface area contributed by atoms with Crippen molar-refractivity contribution in [2.75, 3.05) is 33.0 Å². The summed E-state index contributed by atoms with van der Waals surface area (Å²) in [7, 11) is -4.51. The number of allylic oxidation sites excluding steroid dienone is 2. The zero-order valence-corrected chi connectivity index (χ0v) is 34.7. The van der Waals surface area contributed by atoms with Crippen LogP contribution in [0.25, 0.3) is 0 Å². The van der Waals surface area contributed by atoms with Crippen LogP contribution < -0.4 is 0 Å². The lowest BCUT2D eigenvalue weighted by Crippen LogP contribution is -2.29. The average Bonchev–Trinajstić information content (AvgIpc) is 3.13. The maximum Gasteiger partial charge on any atom is 0.472 e. The number of carbonyl (C=O) groups is 1. The molecule has 0 aliphatic rings. The van der Waals surface area contributed by atoms with E-state index in [9.17, 15) is 19.4 Å². The molecule has 3 atom stereocenters. The van der Waals surface area contributed by atoms with Crippen molar-refractivity contribution in [3.05, 3.63) is 12.2 Å². The highest BCUT2D eigenvalue weighted by Crippen LogP contribution is 2.43. The Morgan fingerprint density at radius 1 is 0.577 bits per heavy atom. The molecule has 0 fully saturated rings.